The first kappa shape index (κ1) is 21.8. The quantitative estimate of drug-likeness (QED) is 0.734. The molecule has 2 aromatic rings. The van der Waals surface area contributed by atoms with Crippen LogP contribution in [0, 0.1) is 6.92 Å². The molecule has 158 valence electrons. The van der Waals surface area contributed by atoms with Crippen molar-refractivity contribution in [3.63, 3.8) is 0 Å². The van der Waals surface area contributed by atoms with Crippen molar-refractivity contribution in [2.45, 2.75) is 38.3 Å². The van der Waals surface area contributed by atoms with Crippen LogP contribution in [0.3, 0.4) is 0 Å². The topological polar surface area (TPSA) is 51.2 Å². The Morgan fingerprint density at radius 3 is 2.24 bits per heavy atom. The fourth-order valence-corrected chi connectivity index (χ4v) is 4.46. The number of ether oxygens (including phenoxy) is 3. The summed E-state index contributed by atoms with van der Waals surface area (Å²) in [5.74, 6) is 2.11. The van der Waals surface area contributed by atoms with Gasteiger partial charge in [0, 0.05) is 19.1 Å². The normalized spacial score (nSPS) is 17.6. The number of nitrogens with zero attached hydrogens (tertiary/aromatic N) is 1. The summed E-state index contributed by atoms with van der Waals surface area (Å²) in [6, 6.07) is 9.79. The third-order valence-corrected chi connectivity index (χ3v) is 6.46. The van der Waals surface area contributed by atoms with E-state index in [1.165, 1.54) is 5.56 Å². The van der Waals surface area contributed by atoms with Crippen molar-refractivity contribution >= 4 is 11.6 Å². The lowest BCUT2D eigenvalue weighted by molar-refractivity contribution is -0.0345. The van der Waals surface area contributed by atoms with Crippen LogP contribution in [0.25, 0.3) is 0 Å². The number of benzene rings is 2. The van der Waals surface area contributed by atoms with Crippen molar-refractivity contribution < 1.29 is 19.3 Å². The zero-order chi connectivity index (χ0) is 21.2. The maximum Gasteiger partial charge on any atom is 0.163 e. The van der Waals surface area contributed by atoms with Crippen LogP contribution in [0.4, 0.5) is 0 Å². The fraction of sp³-hybridized carbons (Fsp3) is 0.478. The van der Waals surface area contributed by atoms with Crippen molar-refractivity contribution in [2.75, 3.05) is 34.4 Å². The molecule has 1 aliphatic heterocycles. The molecule has 0 saturated carbocycles. The third-order valence-electron chi connectivity index (χ3n) is 6.15. The number of methoxy groups -OCH3 is 3. The second kappa shape index (κ2) is 8.82. The molecule has 1 atom stereocenters. The second-order valence-corrected chi connectivity index (χ2v) is 8.02. The molecule has 0 radical (unpaired) electrons. The zero-order valence-corrected chi connectivity index (χ0v) is 18.5. The standard InChI is InChI=1S/C23H30ClNO4/c1-15-18(7-9-20(27-3)22(15)29-5)16(2)25-12-10-23(26,11-13-25)17-6-8-19(24)21(14-17)28-4/h6-9,14,16,26H,10-13H2,1-5H3. The Morgan fingerprint density at radius 1 is 1.00 bits per heavy atom. The molecule has 6 heteroatoms. The second-order valence-electron chi connectivity index (χ2n) is 7.61. The third kappa shape index (κ3) is 4.18. The van der Waals surface area contributed by atoms with Gasteiger partial charge in [0.25, 0.3) is 0 Å². The predicted octanol–water partition coefficient (Wildman–Crippen LogP) is 4.72. The van der Waals surface area contributed by atoms with E-state index in [0.29, 0.717) is 23.6 Å². The summed E-state index contributed by atoms with van der Waals surface area (Å²) in [7, 11) is 4.91. The van der Waals surface area contributed by atoms with E-state index in [1.54, 1.807) is 27.4 Å². The maximum atomic E-state index is 11.3. The molecule has 0 bridgehead atoms. The van der Waals surface area contributed by atoms with Crippen LogP contribution in [-0.2, 0) is 5.60 Å². The minimum atomic E-state index is -0.874. The average molecular weight is 420 g/mol. The van der Waals surface area contributed by atoms with E-state index in [9.17, 15) is 5.11 Å². The first-order chi connectivity index (χ1) is 13.8. The summed E-state index contributed by atoms with van der Waals surface area (Å²) in [5, 5.41) is 11.8. The highest BCUT2D eigenvalue weighted by molar-refractivity contribution is 6.32. The smallest absolute Gasteiger partial charge is 0.163 e. The molecule has 1 heterocycles. The molecular formula is C23H30ClNO4. The van der Waals surface area contributed by atoms with Crippen LogP contribution in [0.2, 0.25) is 5.02 Å². The van der Waals surface area contributed by atoms with Gasteiger partial charge in [0.2, 0.25) is 0 Å². The summed E-state index contributed by atoms with van der Waals surface area (Å²) in [6.07, 6.45) is 1.29. The van der Waals surface area contributed by atoms with Crippen molar-refractivity contribution in [3.05, 3.63) is 52.0 Å². The molecule has 1 fully saturated rings. The molecule has 1 saturated heterocycles. The maximum absolute atomic E-state index is 11.3. The van der Waals surface area contributed by atoms with E-state index in [2.05, 4.69) is 24.8 Å². The van der Waals surface area contributed by atoms with E-state index in [-0.39, 0.29) is 6.04 Å². The first-order valence-electron chi connectivity index (χ1n) is 9.86. The van der Waals surface area contributed by atoms with Gasteiger partial charge in [-0.25, -0.2) is 0 Å². The Kier molecular flexibility index (Phi) is 6.62. The molecule has 5 nitrogen and oxygen atoms in total. The van der Waals surface area contributed by atoms with E-state index in [1.807, 2.05) is 18.2 Å². The van der Waals surface area contributed by atoms with Crippen LogP contribution in [0.1, 0.15) is 42.5 Å². The lowest BCUT2D eigenvalue weighted by Crippen LogP contribution is -2.43. The van der Waals surface area contributed by atoms with Crippen molar-refractivity contribution in [2.24, 2.45) is 0 Å². The van der Waals surface area contributed by atoms with Crippen LogP contribution in [0.5, 0.6) is 17.2 Å². The molecule has 1 aliphatic rings. The van der Waals surface area contributed by atoms with E-state index in [0.717, 1.165) is 35.7 Å². The van der Waals surface area contributed by atoms with E-state index < -0.39 is 5.60 Å². The molecule has 0 aliphatic carbocycles. The van der Waals surface area contributed by atoms with Gasteiger partial charge in [0.15, 0.2) is 11.5 Å². The summed E-state index contributed by atoms with van der Waals surface area (Å²) in [5.41, 5.74) is 2.28. The number of aliphatic hydroxyl groups is 1. The van der Waals surface area contributed by atoms with Crippen LogP contribution in [-0.4, -0.2) is 44.4 Å². The minimum Gasteiger partial charge on any atom is -0.495 e. The molecular weight excluding hydrogens is 390 g/mol. The molecule has 29 heavy (non-hydrogen) atoms. The van der Waals surface area contributed by atoms with Crippen LogP contribution in [0.15, 0.2) is 30.3 Å². The Bertz CT molecular complexity index is 862. The van der Waals surface area contributed by atoms with Gasteiger partial charge in [-0.1, -0.05) is 23.7 Å². The summed E-state index contributed by atoms with van der Waals surface area (Å²) < 4.78 is 16.3. The molecule has 0 spiro atoms. The van der Waals surface area contributed by atoms with Gasteiger partial charge < -0.3 is 19.3 Å². The van der Waals surface area contributed by atoms with E-state index in [4.69, 9.17) is 25.8 Å². The predicted molar refractivity (Wildman–Crippen MR) is 115 cm³/mol. The van der Waals surface area contributed by atoms with Crippen molar-refractivity contribution in [3.8, 4) is 17.2 Å². The fourth-order valence-electron chi connectivity index (χ4n) is 4.26. The zero-order valence-electron chi connectivity index (χ0n) is 17.8. The Morgan fingerprint density at radius 2 is 1.66 bits per heavy atom. The SMILES string of the molecule is COc1cc(C2(O)CCN(C(C)c3ccc(OC)c(OC)c3C)CC2)ccc1Cl. The summed E-state index contributed by atoms with van der Waals surface area (Å²) in [6.45, 7) is 5.84. The highest BCUT2D eigenvalue weighted by Gasteiger charge is 2.36. The monoisotopic (exact) mass is 419 g/mol. The van der Waals surface area contributed by atoms with Crippen LogP contribution < -0.4 is 14.2 Å². The van der Waals surface area contributed by atoms with Gasteiger partial charge in [0.1, 0.15) is 5.75 Å². The minimum absolute atomic E-state index is 0.208. The van der Waals surface area contributed by atoms with Gasteiger partial charge >= 0.3 is 0 Å². The molecule has 2 aromatic carbocycles. The lowest BCUT2D eigenvalue weighted by atomic mass is 9.83. The highest BCUT2D eigenvalue weighted by Crippen LogP contribution is 2.41. The van der Waals surface area contributed by atoms with Gasteiger partial charge in [-0.3, -0.25) is 4.90 Å². The average Bonchev–Trinajstić information content (AvgIpc) is 2.73. The Hall–Kier alpha value is -1.95. The number of hydrogen-bond acceptors (Lipinski definition) is 5. The summed E-state index contributed by atoms with van der Waals surface area (Å²) in [4.78, 5) is 2.40. The Labute approximate surface area is 178 Å². The molecule has 1 N–H and O–H groups in total. The number of halogens is 1. The number of likely N-dealkylation sites (tertiary alicyclic amines) is 1. The molecule has 3 rings (SSSR count). The molecule has 0 amide bonds. The van der Waals surface area contributed by atoms with Crippen molar-refractivity contribution in [1.82, 2.24) is 4.90 Å². The van der Waals surface area contributed by atoms with E-state index >= 15 is 0 Å². The van der Waals surface area contributed by atoms with Crippen LogP contribution >= 0.6 is 11.6 Å². The largest absolute Gasteiger partial charge is 0.495 e. The van der Waals surface area contributed by atoms with Crippen molar-refractivity contribution in [1.29, 1.82) is 0 Å². The first-order valence-corrected chi connectivity index (χ1v) is 10.2. The Balaban J connectivity index is 1.77. The lowest BCUT2D eigenvalue weighted by Gasteiger charge is -2.41. The number of rotatable bonds is 6. The summed E-state index contributed by atoms with van der Waals surface area (Å²) >= 11 is 6.14. The number of hydrogen-bond donors (Lipinski definition) is 1. The van der Waals surface area contributed by atoms with Gasteiger partial charge in [-0.15, -0.1) is 0 Å². The van der Waals surface area contributed by atoms with Gasteiger partial charge in [0.05, 0.1) is 32.0 Å². The van der Waals surface area contributed by atoms with Gasteiger partial charge in [-0.05, 0) is 61.6 Å². The molecule has 0 aromatic heterocycles. The van der Waals surface area contributed by atoms with Gasteiger partial charge in [-0.2, -0.15) is 0 Å². The molecule has 1 unspecified atom stereocenters. The highest BCUT2D eigenvalue weighted by atomic mass is 35.5. The number of piperidine rings is 1.